The van der Waals surface area contributed by atoms with Gasteiger partial charge in [0, 0.05) is 18.6 Å². The van der Waals surface area contributed by atoms with Crippen molar-refractivity contribution < 1.29 is 0 Å². The Kier molecular flexibility index (Phi) is 10.1. The van der Waals surface area contributed by atoms with Gasteiger partial charge in [-0.05, 0) is 44.4 Å². The highest BCUT2D eigenvalue weighted by Gasteiger charge is 2.52. The lowest BCUT2D eigenvalue weighted by atomic mass is 9.96. The van der Waals surface area contributed by atoms with Crippen molar-refractivity contribution in [1.82, 2.24) is 4.90 Å². The van der Waals surface area contributed by atoms with Crippen molar-refractivity contribution in [3.63, 3.8) is 0 Å². The van der Waals surface area contributed by atoms with Crippen LogP contribution in [0.1, 0.15) is 82.1 Å². The number of hydrogen-bond donors (Lipinski definition) is 0. The number of likely N-dealkylation sites (tertiary alicyclic amines) is 1. The van der Waals surface area contributed by atoms with Crippen LogP contribution in [0.15, 0.2) is 0 Å². The van der Waals surface area contributed by atoms with Crippen LogP contribution < -0.4 is 0 Å². The van der Waals surface area contributed by atoms with Crippen LogP contribution in [0, 0.1) is 11.3 Å². The molecule has 1 saturated carbocycles. The van der Waals surface area contributed by atoms with Crippen LogP contribution in [-0.2, 0) is 0 Å². The summed E-state index contributed by atoms with van der Waals surface area (Å²) in [6.07, 6.45) is 4.47. The first-order chi connectivity index (χ1) is 8.04. The molecule has 2 rings (SSSR count). The topological polar surface area (TPSA) is 3.24 Å². The summed E-state index contributed by atoms with van der Waals surface area (Å²) in [5.41, 5.74) is 0.777. The molecule has 112 valence electrons. The minimum atomic E-state index is 0. The smallest absolute Gasteiger partial charge is 0.0127 e. The molecule has 2 aliphatic rings. The van der Waals surface area contributed by atoms with Gasteiger partial charge in [0.1, 0.15) is 0 Å². The fourth-order valence-corrected chi connectivity index (χ4v) is 2.85. The first kappa shape index (κ1) is 20.3. The Morgan fingerprint density at radius 2 is 1.39 bits per heavy atom. The van der Waals surface area contributed by atoms with Gasteiger partial charge < -0.3 is 0 Å². The molecular formula is C17H39N. The van der Waals surface area contributed by atoms with Gasteiger partial charge >= 0.3 is 0 Å². The Morgan fingerprint density at radius 3 is 1.61 bits per heavy atom. The average molecular weight is 258 g/mol. The van der Waals surface area contributed by atoms with Crippen molar-refractivity contribution in [2.75, 3.05) is 6.54 Å². The van der Waals surface area contributed by atoms with Crippen LogP contribution in [0.5, 0.6) is 0 Å². The van der Waals surface area contributed by atoms with E-state index in [-0.39, 0.29) is 7.43 Å². The van der Waals surface area contributed by atoms with E-state index in [1.54, 1.807) is 0 Å². The van der Waals surface area contributed by atoms with Crippen molar-refractivity contribution >= 4 is 0 Å². The summed E-state index contributed by atoms with van der Waals surface area (Å²) >= 11 is 0. The van der Waals surface area contributed by atoms with Crippen molar-refractivity contribution in [3.8, 4) is 0 Å². The maximum absolute atomic E-state index is 2.73. The molecule has 2 fully saturated rings. The predicted molar refractivity (Wildman–Crippen MR) is 86.2 cm³/mol. The second-order valence-corrected chi connectivity index (χ2v) is 5.78. The Bertz CT molecular complexity index is 174. The van der Waals surface area contributed by atoms with E-state index in [1.165, 1.54) is 25.8 Å². The minimum Gasteiger partial charge on any atom is -0.297 e. The molecule has 0 radical (unpaired) electrons. The summed E-state index contributed by atoms with van der Waals surface area (Å²) in [5.74, 6) is 0.836. The normalized spacial score (nSPS) is 24.0. The predicted octanol–water partition coefficient (Wildman–Crippen LogP) is 5.59. The zero-order valence-electron chi connectivity index (χ0n) is 13.5. The molecule has 0 bridgehead atoms. The average Bonchev–Trinajstić information content (AvgIpc) is 2.94. The molecule has 0 aromatic carbocycles. The monoisotopic (exact) mass is 257 g/mol. The van der Waals surface area contributed by atoms with Gasteiger partial charge in [-0.25, -0.2) is 0 Å². The molecule has 1 spiro atoms. The van der Waals surface area contributed by atoms with E-state index < -0.39 is 0 Å². The van der Waals surface area contributed by atoms with Crippen molar-refractivity contribution in [2.45, 2.75) is 94.2 Å². The van der Waals surface area contributed by atoms with Gasteiger partial charge in [-0.2, -0.15) is 0 Å². The number of nitrogens with zero attached hydrogens (tertiary/aromatic N) is 1. The van der Waals surface area contributed by atoms with E-state index in [1.807, 2.05) is 27.7 Å². The largest absolute Gasteiger partial charge is 0.297 e. The first-order valence-electron chi connectivity index (χ1n) is 7.80. The number of rotatable bonds is 2. The van der Waals surface area contributed by atoms with Crippen molar-refractivity contribution in [1.29, 1.82) is 0 Å². The standard InChI is InChI=1S/C12H23N.2C2H6.CH4/c1-9(2)11-7-12(5-6-12)8-13(11)10(3)4;2*1-2;/h9-11H,5-8H2,1-4H3;2*1-2H3;1H4. The summed E-state index contributed by atoms with van der Waals surface area (Å²) in [7, 11) is 0. The van der Waals surface area contributed by atoms with E-state index in [2.05, 4.69) is 32.6 Å². The Balaban J connectivity index is 0. The molecule has 1 heterocycles. The summed E-state index contributed by atoms with van der Waals surface area (Å²) in [6, 6.07) is 1.61. The molecule has 1 aliphatic heterocycles. The van der Waals surface area contributed by atoms with E-state index in [0.717, 1.165) is 23.4 Å². The van der Waals surface area contributed by atoms with Crippen molar-refractivity contribution in [3.05, 3.63) is 0 Å². The molecular weight excluding hydrogens is 218 g/mol. The maximum atomic E-state index is 2.73. The van der Waals surface area contributed by atoms with Crippen LogP contribution in [0.3, 0.4) is 0 Å². The second-order valence-electron chi connectivity index (χ2n) is 5.78. The fraction of sp³-hybridized carbons (Fsp3) is 1.00. The lowest BCUT2D eigenvalue weighted by Gasteiger charge is -2.30. The van der Waals surface area contributed by atoms with Crippen LogP contribution in [0.2, 0.25) is 0 Å². The highest BCUT2D eigenvalue weighted by molar-refractivity contribution is 5.05. The maximum Gasteiger partial charge on any atom is 0.0127 e. The summed E-state index contributed by atoms with van der Waals surface area (Å²) < 4.78 is 0. The summed E-state index contributed by atoms with van der Waals surface area (Å²) in [4.78, 5) is 2.73. The highest BCUT2D eigenvalue weighted by Crippen LogP contribution is 2.56. The first-order valence-corrected chi connectivity index (χ1v) is 7.80. The fourth-order valence-electron chi connectivity index (χ4n) is 2.85. The van der Waals surface area contributed by atoms with Gasteiger partial charge in [-0.15, -0.1) is 0 Å². The molecule has 0 N–H and O–H groups in total. The molecule has 1 heteroatoms. The summed E-state index contributed by atoms with van der Waals surface area (Å²) in [5, 5.41) is 0. The SMILES string of the molecule is C.CC.CC.CC(C)C1CC2(CC2)CN1C(C)C. The Hall–Kier alpha value is -0.0400. The van der Waals surface area contributed by atoms with Gasteiger partial charge in [0.25, 0.3) is 0 Å². The minimum absolute atomic E-state index is 0. The number of hydrogen-bond acceptors (Lipinski definition) is 1. The van der Waals surface area contributed by atoms with Crippen molar-refractivity contribution in [2.24, 2.45) is 11.3 Å². The zero-order valence-corrected chi connectivity index (χ0v) is 13.5. The molecule has 0 aromatic rings. The Labute approximate surface area is 117 Å². The van der Waals surface area contributed by atoms with Crippen LogP contribution in [0.4, 0.5) is 0 Å². The molecule has 0 amide bonds. The van der Waals surface area contributed by atoms with E-state index in [9.17, 15) is 0 Å². The molecule has 1 nitrogen and oxygen atoms in total. The van der Waals surface area contributed by atoms with E-state index in [4.69, 9.17) is 0 Å². The third kappa shape index (κ3) is 4.91. The third-order valence-electron chi connectivity index (χ3n) is 3.98. The summed E-state index contributed by atoms with van der Waals surface area (Å²) in [6.45, 7) is 18.8. The van der Waals surface area contributed by atoms with Gasteiger partial charge in [-0.1, -0.05) is 49.0 Å². The van der Waals surface area contributed by atoms with Gasteiger partial charge in [0.15, 0.2) is 0 Å². The van der Waals surface area contributed by atoms with Gasteiger partial charge in [-0.3, -0.25) is 4.90 Å². The van der Waals surface area contributed by atoms with Crippen LogP contribution in [0.25, 0.3) is 0 Å². The molecule has 1 unspecified atom stereocenters. The third-order valence-corrected chi connectivity index (χ3v) is 3.98. The molecule has 1 saturated heterocycles. The molecule has 1 aliphatic carbocycles. The lowest BCUT2D eigenvalue weighted by Crippen LogP contribution is -2.38. The van der Waals surface area contributed by atoms with Gasteiger partial charge in [0.05, 0.1) is 0 Å². The van der Waals surface area contributed by atoms with Crippen LogP contribution >= 0.6 is 0 Å². The van der Waals surface area contributed by atoms with E-state index >= 15 is 0 Å². The van der Waals surface area contributed by atoms with E-state index in [0.29, 0.717) is 0 Å². The van der Waals surface area contributed by atoms with Gasteiger partial charge in [0.2, 0.25) is 0 Å². The molecule has 18 heavy (non-hydrogen) atoms. The van der Waals surface area contributed by atoms with Crippen LogP contribution in [-0.4, -0.2) is 23.5 Å². The second kappa shape index (κ2) is 8.96. The molecule has 0 aromatic heterocycles. The highest BCUT2D eigenvalue weighted by atomic mass is 15.2. The zero-order chi connectivity index (χ0) is 13.6. The molecule has 1 atom stereocenters. The quantitative estimate of drug-likeness (QED) is 0.623. The lowest BCUT2D eigenvalue weighted by molar-refractivity contribution is 0.163. The Morgan fingerprint density at radius 1 is 0.944 bits per heavy atom.